The zero-order valence-corrected chi connectivity index (χ0v) is 22.8. The van der Waals surface area contributed by atoms with Crippen LogP contribution in [0.2, 0.25) is 5.02 Å². The number of benzene rings is 2. The number of morpholine rings is 1. The average molecular weight is 569 g/mol. The molecule has 0 N–H and O–H groups in total. The Bertz CT molecular complexity index is 1670. The Morgan fingerprint density at radius 2 is 2.03 bits per heavy atom. The maximum atomic E-state index is 13.9. The molecule has 202 valence electrons. The second-order valence-electron chi connectivity index (χ2n) is 8.92. The van der Waals surface area contributed by atoms with Crippen molar-refractivity contribution in [3.8, 4) is 0 Å². The minimum absolute atomic E-state index is 0.0829. The minimum Gasteiger partial charge on any atom is -0.463 e. The molecule has 3 aromatic rings. The maximum Gasteiger partial charge on any atom is 0.338 e. The zero-order chi connectivity index (χ0) is 27.7. The smallest absolute Gasteiger partial charge is 0.338 e. The Morgan fingerprint density at radius 3 is 2.72 bits per heavy atom. The number of thiazole rings is 1. The molecule has 2 aliphatic heterocycles. The number of esters is 1. The number of carbonyl (C=O) groups is 1. The van der Waals surface area contributed by atoms with E-state index in [1.807, 2.05) is 0 Å². The molecule has 0 bridgehead atoms. The largest absolute Gasteiger partial charge is 0.463 e. The molecule has 2 aromatic carbocycles. The Morgan fingerprint density at radius 1 is 1.28 bits per heavy atom. The van der Waals surface area contributed by atoms with Gasteiger partial charge in [0.25, 0.3) is 11.2 Å². The molecule has 0 unspecified atom stereocenters. The standard InChI is InChI=1S/C27H25ClN4O6S/c1-3-38-26(34)23-16(2)29-27-31(24(23)19-6-4-5-7-20(19)28)25(33)22(39-27)15-17-14-18(32(35)36)8-9-21(17)30-10-12-37-13-11-30/h4-9,14-15,24H,3,10-13H2,1-2H3/b22-15+/t24-/m0/s1. The summed E-state index contributed by atoms with van der Waals surface area (Å²) in [7, 11) is 0. The number of carbonyl (C=O) groups excluding carboxylic acids is 1. The summed E-state index contributed by atoms with van der Waals surface area (Å²) in [4.78, 5) is 45.1. The van der Waals surface area contributed by atoms with Gasteiger partial charge in [-0.25, -0.2) is 9.79 Å². The quantitative estimate of drug-likeness (QED) is 0.255. The van der Waals surface area contributed by atoms with Gasteiger partial charge in [0, 0.05) is 41.5 Å². The van der Waals surface area contributed by atoms with Gasteiger partial charge in [0.15, 0.2) is 4.80 Å². The van der Waals surface area contributed by atoms with Crippen LogP contribution in [0.15, 0.2) is 63.5 Å². The number of allylic oxidation sites excluding steroid dienone is 1. The predicted octanol–water partition coefficient (Wildman–Crippen LogP) is 3.20. The number of nitro benzene ring substituents is 1. The van der Waals surface area contributed by atoms with E-state index in [0.717, 1.165) is 17.0 Å². The molecule has 1 saturated heterocycles. The van der Waals surface area contributed by atoms with Crippen molar-refractivity contribution in [1.29, 1.82) is 0 Å². The molecule has 0 amide bonds. The van der Waals surface area contributed by atoms with Crippen molar-refractivity contribution in [3.05, 3.63) is 99.7 Å². The van der Waals surface area contributed by atoms with Crippen molar-refractivity contribution >= 4 is 46.4 Å². The van der Waals surface area contributed by atoms with Crippen molar-refractivity contribution in [3.63, 3.8) is 0 Å². The summed E-state index contributed by atoms with van der Waals surface area (Å²) in [5.74, 6) is -0.578. The average Bonchev–Trinajstić information content (AvgIpc) is 3.23. The van der Waals surface area contributed by atoms with Gasteiger partial charge in [-0.15, -0.1) is 0 Å². The highest BCUT2D eigenvalue weighted by atomic mass is 35.5. The van der Waals surface area contributed by atoms with Gasteiger partial charge in [-0.05, 0) is 37.6 Å². The molecule has 0 spiro atoms. The van der Waals surface area contributed by atoms with Crippen LogP contribution in [0.4, 0.5) is 11.4 Å². The number of halogens is 1. The first-order valence-corrected chi connectivity index (χ1v) is 13.5. The third-order valence-electron chi connectivity index (χ3n) is 6.58. The van der Waals surface area contributed by atoms with Gasteiger partial charge in [-0.1, -0.05) is 41.1 Å². The number of ether oxygens (including phenoxy) is 2. The van der Waals surface area contributed by atoms with E-state index in [9.17, 15) is 19.7 Å². The van der Waals surface area contributed by atoms with Crippen molar-refractivity contribution in [2.24, 2.45) is 4.99 Å². The van der Waals surface area contributed by atoms with Crippen LogP contribution < -0.4 is 19.8 Å². The third kappa shape index (κ3) is 5.12. The molecule has 1 aromatic heterocycles. The molecule has 0 saturated carbocycles. The lowest BCUT2D eigenvalue weighted by atomic mass is 9.96. The van der Waals surface area contributed by atoms with E-state index in [1.54, 1.807) is 50.3 Å². The monoisotopic (exact) mass is 568 g/mol. The van der Waals surface area contributed by atoms with Crippen molar-refractivity contribution in [2.45, 2.75) is 19.9 Å². The van der Waals surface area contributed by atoms with Gasteiger partial charge in [-0.3, -0.25) is 19.5 Å². The van der Waals surface area contributed by atoms with Crippen LogP contribution in [0.3, 0.4) is 0 Å². The van der Waals surface area contributed by atoms with E-state index in [4.69, 9.17) is 21.1 Å². The SMILES string of the molecule is CCOC(=O)C1=C(C)N=c2s/c(=C/c3cc([N+](=O)[O-])ccc3N3CCOCC3)c(=O)n2[C@H]1c1ccccc1Cl. The summed E-state index contributed by atoms with van der Waals surface area (Å²) >= 11 is 7.70. The highest BCUT2D eigenvalue weighted by Crippen LogP contribution is 2.34. The Labute approximate surface area is 232 Å². The molecule has 12 heteroatoms. The summed E-state index contributed by atoms with van der Waals surface area (Å²) in [6.45, 7) is 5.87. The van der Waals surface area contributed by atoms with Crippen LogP contribution in [-0.4, -0.2) is 48.4 Å². The zero-order valence-electron chi connectivity index (χ0n) is 21.3. The second-order valence-corrected chi connectivity index (χ2v) is 10.3. The topological polar surface area (TPSA) is 116 Å². The predicted molar refractivity (Wildman–Crippen MR) is 148 cm³/mol. The van der Waals surface area contributed by atoms with E-state index >= 15 is 0 Å². The van der Waals surface area contributed by atoms with Crippen LogP contribution in [0, 0.1) is 10.1 Å². The van der Waals surface area contributed by atoms with E-state index < -0.39 is 22.5 Å². The van der Waals surface area contributed by atoms with E-state index in [0.29, 0.717) is 57.5 Å². The van der Waals surface area contributed by atoms with Crippen molar-refractivity contribution in [1.82, 2.24) is 4.57 Å². The van der Waals surface area contributed by atoms with Crippen LogP contribution >= 0.6 is 22.9 Å². The Kier molecular flexibility index (Phi) is 7.65. The summed E-state index contributed by atoms with van der Waals surface area (Å²) in [5, 5.41) is 11.9. The lowest BCUT2D eigenvalue weighted by molar-refractivity contribution is -0.384. The van der Waals surface area contributed by atoms with Gasteiger partial charge < -0.3 is 14.4 Å². The maximum absolute atomic E-state index is 13.9. The molecule has 39 heavy (non-hydrogen) atoms. The second kappa shape index (κ2) is 11.1. The number of anilines is 1. The Hall–Kier alpha value is -3.80. The number of nitrogens with zero attached hydrogens (tertiary/aromatic N) is 4. The highest BCUT2D eigenvalue weighted by molar-refractivity contribution is 7.07. The summed E-state index contributed by atoms with van der Waals surface area (Å²) in [6, 6.07) is 10.8. The number of rotatable bonds is 6. The van der Waals surface area contributed by atoms with Gasteiger partial charge in [0.2, 0.25) is 0 Å². The van der Waals surface area contributed by atoms with Gasteiger partial charge in [0.05, 0.1) is 40.5 Å². The minimum atomic E-state index is -0.847. The molecule has 1 atom stereocenters. The van der Waals surface area contributed by atoms with E-state index in [2.05, 4.69) is 9.89 Å². The van der Waals surface area contributed by atoms with E-state index in [-0.39, 0.29) is 17.9 Å². The van der Waals surface area contributed by atoms with Crippen LogP contribution in [-0.2, 0) is 14.3 Å². The third-order valence-corrected chi connectivity index (χ3v) is 7.90. The Balaban J connectivity index is 1.73. The molecule has 5 rings (SSSR count). The molecular weight excluding hydrogens is 544 g/mol. The molecule has 1 fully saturated rings. The van der Waals surface area contributed by atoms with Crippen molar-refractivity contribution in [2.75, 3.05) is 37.8 Å². The lowest BCUT2D eigenvalue weighted by Crippen LogP contribution is -2.40. The number of aromatic nitrogens is 1. The van der Waals surface area contributed by atoms with Crippen LogP contribution in [0.5, 0.6) is 0 Å². The number of nitro groups is 1. The first kappa shape index (κ1) is 26.8. The fraction of sp³-hybridized carbons (Fsp3) is 0.296. The number of hydrogen-bond donors (Lipinski definition) is 0. The van der Waals surface area contributed by atoms with Crippen LogP contribution in [0.25, 0.3) is 6.08 Å². The number of hydrogen-bond acceptors (Lipinski definition) is 9. The fourth-order valence-electron chi connectivity index (χ4n) is 4.79. The summed E-state index contributed by atoms with van der Waals surface area (Å²) in [6.07, 6.45) is 1.65. The highest BCUT2D eigenvalue weighted by Gasteiger charge is 2.34. The van der Waals surface area contributed by atoms with E-state index in [1.165, 1.54) is 16.7 Å². The lowest BCUT2D eigenvalue weighted by Gasteiger charge is -2.30. The number of fused-ring (bicyclic) bond motifs is 1. The molecule has 2 aliphatic rings. The van der Waals surface area contributed by atoms with Gasteiger partial charge >= 0.3 is 5.97 Å². The normalized spacial score (nSPS) is 17.6. The van der Waals surface area contributed by atoms with Crippen LogP contribution in [0.1, 0.15) is 31.0 Å². The molecule has 3 heterocycles. The summed E-state index contributed by atoms with van der Waals surface area (Å²) in [5.41, 5.74) is 2.04. The fourth-order valence-corrected chi connectivity index (χ4v) is 6.06. The molecule has 10 nitrogen and oxygen atoms in total. The molecular formula is C27H25ClN4O6S. The van der Waals surface area contributed by atoms with Gasteiger partial charge in [-0.2, -0.15) is 0 Å². The molecule has 0 aliphatic carbocycles. The first-order valence-electron chi connectivity index (χ1n) is 12.4. The number of non-ortho nitro benzene ring substituents is 1. The summed E-state index contributed by atoms with van der Waals surface area (Å²) < 4.78 is 12.5. The van der Waals surface area contributed by atoms with Crippen molar-refractivity contribution < 1.29 is 19.2 Å². The van der Waals surface area contributed by atoms with Gasteiger partial charge in [0.1, 0.15) is 6.04 Å². The molecule has 0 radical (unpaired) electrons. The first-order chi connectivity index (χ1) is 18.8.